The number of rotatable bonds is 4. The van der Waals surface area contributed by atoms with Crippen molar-refractivity contribution in [2.75, 3.05) is 20.2 Å². The third-order valence-corrected chi connectivity index (χ3v) is 2.72. The van der Waals surface area contributed by atoms with Crippen molar-refractivity contribution < 1.29 is 9.26 Å². The zero-order valence-electron chi connectivity index (χ0n) is 11.2. The van der Waals surface area contributed by atoms with Crippen LogP contribution < -0.4 is 10.6 Å². The van der Waals surface area contributed by atoms with E-state index in [2.05, 4.69) is 25.8 Å². The van der Waals surface area contributed by atoms with Gasteiger partial charge in [-0.25, -0.2) is 0 Å². The van der Waals surface area contributed by atoms with Crippen molar-refractivity contribution in [2.24, 2.45) is 4.99 Å². The van der Waals surface area contributed by atoms with Crippen molar-refractivity contribution in [3.8, 4) is 0 Å². The second-order valence-corrected chi connectivity index (χ2v) is 4.18. The molecule has 1 aliphatic rings. The molecular weight excluding hydrogens is 361 g/mol. The molecule has 0 spiro atoms. The number of aliphatic imine (C=N–C) groups is 1. The van der Waals surface area contributed by atoms with Crippen LogP contribution in [0.15, 0.2) is 9.52 Å². The summed E-state index contributed by atoms with van der Waals surface area (Å²) in [6.07, 6.45) is 2.53. The van der Waals surface area contributed by atoms with E-state index in [-0.39, 0.29) is 30.1 Å². The molecule has 1 aliphatic heterocycles. The number of guanidine groups is 1. The summed E-state index contributed by atoms with van der Waals surface area (Å²) in [5.41, 5.74) is 0. The van der Waals surface area contributed by atoms with Gasteiger partial charge in [-0.1, -0.05) is 5.16 Å². The van der Waals surface area contributed by atoms with Crippen molar-refractivity contribution >= 4 is 29.9 Å². The Morgan fingerprint density at radius 1 is 1.47 bits per heavy atom. The van der Waals surface area contributed by atoms with E-state index in [0.717, 1.165) is 26.0 Å². The van der Waals surface area contributed by atoms with E-state index in [9.17, 15) is 0 Å². The van der Waals surface area contributed by atoms with Crippen LogP contribution in [0.2, 0.25) is 0 Å². The first kappa shape index (κ1) is 16.2. The summed E-state index contributed by atoms with van der Waals surface area (Å²) in [6.45, 7) is 3.88. The van der Waals surface area contributed by atoms with Gasteiger partial charge in [0.25, 0.3) is 0 Å². The van der Waals surface area contributed by atoms with Crippen LogP contribution in [0.3, 0.4) is 0 Å². The van der Waals surface area contributed by atoms with Gasteiger partial charge in [0.2, 0.25) is 5.89 Å². The predicted octanol–water partition coefficient (Wildman–Crippen LogP) is 0.840. The monoisotopic (exact) mass is 381 g/mol. The van der Waals surface area contributed by atoms with Gasteiger partial charge >= 0.3 is 0 Å². The van der Waals surface area contributed by atoms with Crippen molar-refractivity contribution in [1.29, 1.82) is 0 Å². The van der Waals surface area contributed by atoms with E-state index in [1.165, 1.54) is 0 Å². The molecule has 1 unspecified atom stereocenters. The molecule has 1 saturated heterocycles. The van der Waals surface area contributed by atoms with Crippen LogP contribution in [0.25, 0.3) is 0 Å². The summed E-state index contributed by atoms with van der Waals surface area (Å²) in [4.78, 5) is 8.23. The van der Waals surface area contributed by atoms with Crippen LogP contribution in [0.5, 0.6) is 0 Å². The first-order valence-corrected chi connectivity index (χ1v) is 6.13. The standard InChI is InChI=1S/C11H19N5O2.HI/c1-8-15-10(18-16-8)7-14-11(12-2)13-6-9-4-3-5-17-9;/h9H,3-7H2,1-2H3,(H2,12,13,14);1H. The van der Waals surface area contributed by atoms with Crippen LogP contribution in [0, 0.1) is 6.92 Å². The van der Waals surface area contributed by atoms with Gasteiger partial charge in [-0.2, -0.15) is 4.98 Å². The molecule has 2 rings (SSSR count). The Hall–Kier alpha value is -0.900. The maximum absolute atomic E-state index is 5.53. The van der Waals surface area contributed by atoms with Gasteiger partial charge in [0.05, 0.1) is 12.6 Å². The average Bonchev–Trinajstić information content (AvgIpc) is 3.01. The Kier molecular flexibility index (Phi) is 7.06. The zero-order valence-corrected chi connectivity index (χ0v) is 13.5. The highest BCUT2D eigenvalue weighted by molar-refractivity contribution is 14.0. The molecule has 7 nitrogen and oxygen atoms in total. The Labute approximate surface area is 129 Å². The van der Waals surface area contributed by atoms with Crippen LogP contribution in [-0.2, 0) is 11.3 Å². The minimum atomic E-state index is 0. The molecule has 2 heterocycles. The van der Waals surface area contributed by atoms with Gasteiger partial charge in [-0.15, -0.1) is 24.0 Å². The van der Waals surface area contributed by atoms with E-state index in [0.29, 0.717) is 24.2 Å². The summed E-state index contributed by atoms with van der Waals surface area (Å²) < 4.78 is 10.5. The number of hydrogen-bond acceptors (Lipinski definition) is 5. The number of nitrogens with zero attached hydrogens (tertiary/aromatic N) is 3. The summed E-state index contributed by atoms with van der Waals surface area (Å²) in [7, 11) is 1.73. The third kappa shape index (κ3) is 5.31. The molecule has 19 heavy (non-hydrogen) atoms. The predicted molar refractivity (Wildman–Crippen MR) is 81.6 cm³/mol. The fourth-order valence-corrected chi connectivity index (χ4v) is 1.81. The van der Waals surface area contributed by atoms with Crippen LogP contribution in [-0.4, -0.2) is 42.4 Å². The van der Waals surface area contributed by atoms with Crippen molar-refractivity contribution in [3.63, 3.8) is 0 Å². The molecule has 0 radical (unpaired) electrons. The van der Waals surface area contributed by atoms with Crippen LogP contribution in [0.1, 0.15) is 24.6 Å². The maximum atomic E-state index is 5.53. The molecular formula is C11H20IN5O2. The molecule has 1 fully saturated rings. The Balaban J connectivity index is 0.00000180. The molecule has 1 aromatic heterocycles. The van der Waals surface area contributed by atoms with Gasteiger partial charge in [0, 0.05) is 20.2 Å². The maximum Gasteiger partial charge on any atom is 0.246 e. The molecule has 0 amide bonds. The number of halogens is 1. The highest BCUT2D eigenvalue weighted by Gasteiger charge is 2.15. The quantitative estimate of drug-likeness (QED) is 0.457. The van der Waals surface area contributed by atoms with Gasteiger partial charge in [-0.3, -0.25) is 4.99 Å². The molecule has 0 bridgehead atoms. The van der Waals surface area contributed by atoms with E-state index < -0.39 is 0 Å². The van der Waals surface area contributed by atoms with E-state index in [1.807, 2.05) is 0 Å². The molecule has 8 heteroatoms. The van der Waals surface area contributed by atoms with E-state index >= 15 is 0 Å². The van der Waals surface area contributed by atoms with Crippen molar-refractivity contribution in [2.45, 2.75) is 32.4 Å². The Bertz CT molecular complexity index is 404. The lowest BCUT2D eigenvalue weighted by atomic mass is 10.2. The number of aromatic nitrogens is 2. The van der Waals surface area contributed by atoms with Gasteiger partial charge in [-0.05, 0) is 19.8 Å². The number of nitrogens with one attached hydrogen (secondary N) is 2. The lowest BCUT2D eigenvalue weighted by molar-refractivity contribution is 0.114. The van der Waals surface area contributed by atoms with Crippen LogP contribution >= 0.6 is 24.0 Å². The second kappa shape index (κ2) is 8.31. The van der Waals surface area contributed by atoms with Crippen LogP contribution in [0.4, 0.5) is 0 Å². The Morgan fingerprint density at radius 2 is 2.32 bits per heavy atom. The molecule has 1 aromatic rings. The molecule has 0 aliphatic carbocycles. The molecule has 0 saturated carbocycles. The van der Waals surface area contributed by atoms with Gasteiger partial charge < -0.3 is 19.9 Å². The largest absolute Gasteiger partial charge is 0.376 e. The minimum Gasteiger partial charge on any atom is -0.376 e. The summed E-state index contributed by atoms with van der Waals surface area (Å²) in [5.74, 6) is 1.89. The highest BCUT2D eigenvalue weighted by atomic mass is 127. The first-order chi connectivity index (χ1) is 8.78. The average molecular weight is 381 g/mol. The number of aryl methyl sites for hydroxylation is 1. The molecule has 2 N–H and O–H groups in total. The zero-order chi connectivity index (χ0) is 12.8. The lowest BCUT2D eigenvalue weighted by Gasteiger charge is -2.13. The van der Waals surface area contributed by atoms with E-state index in [4.69, 9.17) is 9.26 Å². The summed E-state index contributed by atoms with van der Waals surface area (Å²) in [6, 6.07) is 0. The Morgan fingerprint density at radius 3 is 2.89 bits per heavy atom. The van der Waals surface area contributed by atoms with Gasteiger partial charge in [0.1, 0.15) is 0 Å². The molecule has 0 aromatic carbocycles. The third-order valence-electron chi connectivity index (χ3n) is 2.72. The lowest BCUT2D eigenvalue weighted by Crippen LogP contribution is -2.40. The summed E-state index contributed by atoms with van der Waals surface area (Å²) in [5, 5.41) is 10.0. The van der Waals surface area contributed by atoms with Crippen molar-refractivity contribution in [3.05, 3.63) is 11.7 Å². The minimum absolute atomic E-state index is 0. The topological polar surface area (TPSA) is 84.6 Å². The second-order valence-electron chi connectivity index (χ2n) is 4.18. The smallest absolute Gasteiger partial charge is 0.246 e. The first-order valence-electron chi connectivity index (χ1n) is 6.13. The van der Waals surface area contributed by atoms with Gasteiger partial charge in [0.15, 0.2) is 11.8 Å². The number of hydrogen-bond donors (Lipinski definition) is 2. The SMILES string of the molecule is CN=C(NCc1nc(C)no1)NCC1CCCO1.I. The van der Waals surface area contributed by atoms with E-state index in [1.54, 1.807) is 14.0 Å². The fourth-order valence-electron chi connectivity index (χ4n) is 1.81. The fraction of sp³-hybridized carbons (Fsp3) is 0.727. The normalized spacial score (nSPS) is 19.1. The number of ether oxygens (including phenoxy) is 1. The summed E-state index contributed by atoms with van der Waals surface area (Å²) >= 11 is 0. The molecule has 108 valence electrons. The van der Waals surface area contributed by atoms with Crippen molar-refractivity contribution in [1.82, 2.24) is 20.8 Å². The highest BCUT2D eigenvalue weighted by Crippen LogP contribution is 2.10. The molecule has 1 atom stereocenters.